The van der Waals surface area contributed by atoms with E-state index in [-0.39, 0.29) is 12.0 Å². The number of hydrogen-bond acceptors (Lipinski definition) is 5. The van der Waals surface area contributed by atoms with Gasteiger partial charge in [0.1, 0.15) is 5.75 Å². The van der Waals surface area contributed by atoms with Crippen LogP contribution in [0.2, 0.25) is 5.02 Å². The Labute approximate surface area is 140 Å². The summed E-state index contributed by atoms with van der Waals surface area (Å²) >= 11 is 6.06. The van der Waals surface area contributed by atoms with Gasteiger partial charge in [-0.2, -0.15) is 0 Å². The molecule has 7 heteroatoms. The van der Waals surface area contributed by atoms with E-state index in [0.717, 1.165) is 13.1 Å². The van der Waals surface area contributed by atoms with Crippen molar-refractivity contribution in [2.24, 2.45) is 5.92 Å². The highest BCUT2D eigenvalue weighted by Crippen LogP contribution is 2.33. The summed E-state index contributed by atoms with van der Waals surface area (Å²) in [6.07, 6.45) is 2.33. The van der Waals surface area contributed by atoms with Crippen molar-refractivity contribution < 1.29 is 14.3 Å². The fourth-order valence-electron chi connectivity index (χ4n) is 2.41. The van der Waals surface area contributed by atoms with Gasteiger partial charge in [-0.25, -0.2) is 0 Å². The SMILES string of the molecule is Nc1cc(OCC2CC2)c(C(=O)NCC2CNCCO2)cc1Cl. The topological polar surface area (TPSA) is 85.6 Å². The number of nitrogens with two attached hydrogens (primary N) is 1. The quantitative estimate of drug-likeness (QED) is 0.683. The summed E-state index contributed by atoms with van der Waals surface area (Å²) in [5, 5.41) is 6.45. The molecular weight excluding hydrogens is 318 g/mol. The Hall–Kier alpha value is -1.50. The number of carbonyl (C=O) groups excluding carboxylic acids is 1. The number of rotatable bonds is 6. The minimum Gasteiger partial charge on any atom is -0.492 e. The molecule has 0 aromatic heterocycles. The second-order valence-electron chi connectivity index (χ2n) is 6.03. The molecule has 1 atom stereocenters. The Morgan fingerprint density at radius 3 is 3.00 bits per heavy atom. The van der Waals surface area contributed by atoms with Crippen molar-refractivity contribution in [3.8, 4) is 5.75 Å². The first-order valence-corrected chi connectivity index (χ1v) is 8.33. The highest BCUT2D eigenvalue weighted by Gasteiger charge is 2.24. The molecule has 1 unspecified atom stereocenters. The fourth-order valence-corrected chi connectivity index (χ4v) is 2.57. The number of carbonyl (C=O) groups is 1. The molecule has 3 rings (SSSR count). The lowest BCUT2D eigenvalue weighted by atomic mass is 10.1. The van der Waals surface area contributed by atoms with Crippen molar-refractivity contribution in [3.63, 3.8) is 0 Å². The molecule has 1 amide bonds. The molecule has 23 heavy (non-hydrogen) atoms. The maximum Gasteiger partial charge on any atom is 0.255 e. The molecule has 0 bridgehead atoms. The van der Waals surface area contributed by atoms with Gasteiger partial charge >= 0.3 is 0 Å². The van der Waals surface area contributed by atoms with Gasteiger partial charge in [-0.15, -0.1) is 0 Å². The Morgan fingerprint density at radius 1 is 1.48 bits per heavy atom. The molecule has 1 saturated carbocycles. The van der Waals surface area contributed by atoms with Crippen molar-refractivity contribution in [1.82, 2.24) is 10.6 Å². The fraction of sp³-hybridized carbons (Fsp3) is 0.562. The van der Waals surface area contributed by atoms with Crippen LogP contribution in [0.25, 0.3) is 0 Å². The molecule has 6 nitrogen and oxygen atoms in total. The van der Waals surface area contributed by atoms with Crippen molar-refractivity contribution >= 4 is 23.2 Å². The van der Waals surface area contributed by atoms with Crippen LogP contribution in [0, 0.1) is 5.92 Å². The second-order valence-corrected chi connectivity index (χ2v) is 6.44. The third kappa shape index (κ3) is 4.50. The third-order valence-corrected chi connectivity index (χ3v) is 4.34. The van der Waals surface area contributed by atoms with Gasteiger partial charge in [0.15, 0.2) is 0 Å². The minimum atomic E-state index is -0.230. The number of amides is 1. The first-order chi connectivity index (χ1) is 11.1. The summed E-state index contributed by atoms with van der Waals surface area (Å²) in [4.78, 5) is 12.5. The standard InChI is InChI=1S/C16H22ClN3O3/c17-13-5-12(15(6-14(13)18)23-9-10-1-2-10)16(21)20-8-11-7-19-3-4-22-11/h5-6,10-11,19H,1-4,7-9,18H2,(H,20,21). The van der Waals surface area contributed by atoms with E-state index in [9.17, 15) is 4.79 Å². The van der Waals surface area contributed by atoms with Crippen LogP contribution < -0.4 is 21.1 Å². The van der Waals surface area contributed by atoms with Gasteiger partial charge in [0.2, 0.25) is 0 Å². The average Bonchev–Trinajstić information content (AvgIpc) is 3.38. The lowest BCUT2D eigenvalue weighted by molar-refractivity contribution is 0.0287. The predicted molar refractivity (Wildman–Crippen MR) is 89.0 cm³/mol. The second kappa shape index (κ2) is 7.38. The Kier molecular flexibility index (Phi) is 5.25. The first kappa shape index (κ1) is 16.4. The van der Waals surface area contributed by atoms with Gasteiger partial charge in [-0.1, -0.05) is 11.6 Å². The zero-order chi connectivity index (χ0) is 16.2. The molecule has 1 aliphatic carbocycles. The van der Waals surface area contributed by atoms with E-state index in [4.69, 9.17) is 26.8 Å². The molecule has 126 valence electrons. The van der Waals surface area contributed by atoms with Gasteiger partial charge in [0, 0.05) is 25.7 Å². The van der Waals surface area contributed by atoms with Crippen molar-refractivity contribution in [3.05, 3.63) is 22.7 Å². The number of morpholine rings is 1. The number of anilines is 1. The van der Waals surface area contributed by atoms with Gasteiger partial charge < -0.3 is 25.8 Å². The molecule has 1 aliphatic heterocycles. The molecule has 4 N–H and O–H groups in total. The molecule has 1 saturated heterocycles. The van der Waals surface area contributed by atoms with Crippen molar-refractivity contribution in [2.75, 3.05) is 38.6 Å². The predicted octanol–water partition coefficient (Wildman–Crippen LogP) is 1.43. The first-order valence-electron chi connectivity index (χ1n) is 7.96. The van der Waals surface area contributed by atoms with Crippen LogP contribution in [0.4, 0.5) is 5.69 Å². The van der Waals surface area contributed by atoms with Crippen molar-refractivity contribution in [1.29, 1.82) is 0 Å². The van der Waals surface area contributed by atoms with Gasteiger partial charge in [0.05, 0.1) is 35.6 Å². The Morgan fingerprint density at radius 2 is 2.30 bits per heavy atom. The summed E-state index contributed by atoms with van der Waals surface area (Å²) in [6, 6.07) is 3.19. The number of halogens is 1. The molecular formula is C16H22ClN3O3. The van der Waals surface area contributed by atoms with E-state index in [1.165, 1.54) is 12.8 Å². The molecule has 1 aromatic carbocycles. The number of nitrogen functional groups attached to an aromatic ring is 1. The van der Waals surface area contributed by atoms with E-state index in [0.29, 0.717) is 47.7 Å². The lowest BCUT2D eigenvalue weighted by Crippen LogP contribution is -2.45. The molecule has 1 aromatic rings. The van der Waals surface area contributed by atoms with Crippen LogP contribution in [-0.2, 0) is 4.74 Å². The van der Waals surface area contributed by atoms with Gasteiger partial charge in [0.25, 0.3) is 5.91 Å². The lowest BCUT2D eigenvalue weighted by Gasteiger charge is -2.24. The number of hydrogen-bond donors (Lipinski definition) is 3. The monoisotopic (exact) mass is 339 g/mol. The molecule has 2 fully saturated rings. The van der Waals surface area contributed by atoms with Crippen LogP contribution in [0.3, 0.4) is 0 Å². The summed E-state index contributed by atoms with van der Waals surface area (Å²) in [6.45, 7) is 3.28. The summed E-state index contributed by atoms with van der Waals surface area (Å²) in [5.74, 6) is 0.843. The highest BCUT2D eigenvalue weighted by molar-refractivity contribution is 6.33. The van der Waals surface area contributed by atoms with E-state index in [2.05, 4.69) is 10.6 Å². The van der Waals surface area contributed by atoms with Crippen LogP contribution in [0.15, 0.2) is 12.1 Å². The van der Waals surface area contributed by atoms with Gasteiger partial charge in [-0.05, 0) is 24.8 Å². The highest BCUT2D eigenvalue weighted by atomic mass is 35.5. The smallest absolute Gasteiger partial charge is 0.255 e. The van der Waals surface area contributed by atoms with Crippen LogP contribution in [0.1, 0.15) is 23.2 Å². The Bertz CT molecular complexity index is 572. The maximum absolute atomic E-state index is 12.5. The Balaban J connectivity index is 1.65. The summed E-state index contributed by atoms with van der Waals surface area (Å²) < 4.78 is 11.3. The average molecular weight is 340 g/mol. The van der Waals surface area contributed by atoms with E-state index in [1.54, 1.807) is 12.1 Å². The van der Waals surface area contributed by atoms with E-state index in [1.807, 2.05) is 0 Å². The van der Waals surface area contributed by atoms with Crippen molar-refractivity contribution in [2.45, 2.75) is 18.9 Å². The number of nitrogens with one attached hydrogen (secondary N) is 2. The largest absolute Gasteiger partial charge is 0.492 e. The molecule has 2 aliphatic rings. The molecule has 1 heterocycles. The van der Waals surface area contributed by atoms with E-state index < -0.39 is 0 Å². The summed E-state index contributed by atoms with van der Waals surface area (Å²) in [5.41, 5.74) is 6.65. The van der Waals surface area contributed by atoms with Gasteiger partial charge in [-0.3, -0.25) is 4.79 Å². The van der Waals surface area contributed by atoms with Crippen LogP contribution >= 0.6 is 11.6 Å². The van der Waals surface area contributed by atoms with E-state index >= 15 is 0 Å². The number of ether oxygens (including phenoxy) is 2. The zero-order valence-corrected chi connectivity index (χ0v) is 13.7. The third-order valence-electron chi connectivity index (χ3n) is 4.01. The minimum absolute atomic E-state index is 0.0206. The van der Waals surface area contributed by atoms with Crippen LogP contribution in [0.5, 0.6) is 5.75 Å². The summed E-state index contributed by atoms with van der Waals surface area (Å²) in [7, 11) is 0. The maximum atomic E-state index is 12.5. The zero-order valence-electron chi connectivity index (χ0n) is 12.9. The normalized spacial score (nSPS) is 21.0. The van der Waals surface area contributed by atoms with Crippen LogP contribution in [-0.4, -0.2) is 44.9 Å². The number of benzene rings is 1. The molecule has 0 spiro atoms. The molecule has 0 radical (unpaired) electrons.